The van der Waals surface area contributed by atoms with Crippen LogP contribution in [0, 0.1) is 11.8 Å². The van der Waals surface area contributed by atoms with Gasteiger partial charge in [0.1, 0.15) is 0 Å². The molecule has 2 aromatic carbocycles. The van der Waals surface area contributed by atoms with E-state index >= 15 is 0 Å². The fourth-order valence-electron chi connectivity index (χ4n) is 3.53. The zero-order chi connectivity index (χ0) is 12.5. The van der Waals surface area contributed by atoms with E-state index in [1.807, 2.05) is 0 Å². The minimum Gasteiger partial charge on any atom is -0.0622 e. The molecule has 4 atom stereocenters. The van der Waals surface area contributed by atoms with Crippen LogP contribution in [0.1, 0.15) is 36.8 Å². The number of benzene rings is 2. The number of rotatable bonds is 2. The Morgan fingerprint density at radius 2 is 0.889 bits per heavy atom. The van der Waals surface area contributed by atoms with E-state index in [-0.39, 0.29) is 0 Å². The van der Waals surface area contributed by atoms with Gasteiger partial charge in [-0.25, -0.2) is 0 Å². The molecule has 1 aliphatic rings. The second-order valence-corrected chi connectivity index (χ2v) is 5.59. The maximum atomic E-state index is 2.39. The summed E-state index contributed by atoms with van der Waals surface area (Å²) < 4.78 is 0. The van der Waals surface area contributed by atoms with E-state index in [1.54, 1.807) is 0 Å². The molecule has 0 N–H and O–H groups in total. The smallest absolute Gasteiger partial charge is 0.00620 e. The molecule has 1 saturated carbocycles. The molecule has 0 bridgehead atoms. The van der Waals surface area contributed by atoms with E-state index in [1.165, 1.54) is 11.1 Å². The van der Waals surface area contributed by atoms with Gasteiger partial charge in [0.15, 0.2) is 0 Å². The average Bonchev–Trinajstić information content (AvgIpc) is 2.45. The Kier molecular flexibility index (Phi) is 2.95. The summed E-state index contributed by atoms with van der Waals surface area (Å²) in [5.41, 5.74) is 2.99. The van der Waals surface area contributed by atoms with Gasteiger partial charge in [-0.1, -0.05) is 74.5 Å². The molecule has 0 nitrogen and oxygen atoms in total. The lowest BCUT2D eigenvalue weighted by Gasteiger charge is -2.50. The van der Waals surface area contributed by atoms with Crippen LogP contribution in [-0.2, 0) is 0 Å². The van der Waals surface area contributed by atoms with Crippen molar-refractivity contribution < 1.29 is 0 Å². The van der Waals surface area contributed by atoms with Crippen molar-refractivity contribution in [1.82, 2.24) is 0 Å². The van der Waals surface area contributed by atoms with Gasteiger partial charge in [0.25, 0.3) is 0 Å². The fourth-order valence-corrected chi connectivity index (χ4v) is 3.53. The predicted molar refractivity (Wildman–Crippen MR) is 76.7 cm³/mol. The molecule has 0 saturated heterocycles. The van der Waals surface area contributed by atoms with Crippen molar-refractivity contribution in [2.75, 3.05) is 0 Å². The molecule has 0 aromatic heterocycles. The predicted octanol–water partition coefficient (Wildman–Crippen LogP) is 4.84. The molecular formula is C18H20. The van der Waals surface area contributed by atoms with Gasteiger partial charge in [-0.05, 0) is 34.8 Å². The summed E-state index contributed by atoms with van der Waals surface area (Å²) in [4.78, 5) is 0. The van der Waals surface area contributed by atoms with Gasteiger partial charge in [-0.3, -0.25) is 0 Å². The van der Waals surface area contributed by atoms with Crippen LogP contribution in [0.5, 0.6) is 0 Å². The van der Waals surface area contributed by atoms with Crippen LogP contribution in [0.3, 0.4) is 0 Å². The minimum atomic E-state index is 0.684. The standard InChI is InChI=1S/C18H20/c1-13-14(2)18(16-11-7-4-8-12-16)17(13)15-9-5-3-6-10-15/h3-14,17-18H,1-2H3. The third-order valence-electron chi connectivity index (χ3n) is 4.72. The summed E-state index contributed by atoms with van der Waals surface area (Å²) in [5.74, 6) is 2.92. The van der Waals surface area contributed by atoms with Crippen LogP contribution in [0.2, 0.25) is 0 Å². The third-order valence-corrected chi connectivity index (χ3v) is 4.72. The van der Waals surface area contributed by atoms with Crippen LogP contribution < -0.4 is 0 Å². The molecule has 0 heterocycles. The van der Waals surface area contributed by atoms with Crippen molar-refractivity contribution in [3.63, 3.8) is 0 Å². The summed E-state index contributed by atoms with van der Waals surface area (Å²) in [6.07, 6.45) is 0. The summed E-state index contributed by atoms with van der Waals surface area (Å²) >= 11 is 0. The van der Waals surface area contributed by atoms with Gasteiger partial charge >= 0.3 is 0 Å². The quantitative estimate of drug-likeness (QED) is 0.700. The van der Waals surface area contributed by atoms with Crippen LogP contribution >= 0.6 is 0 Å². The Morgan fingerprint density at radius 3 is 1.22 bits per heavy atom. The van der Waals surface area contributed by atoms with E-state index in [0.717, 1.165) is 11.8 Å². The molecule has 3 rings (SSSR count). The highest BCUT2D eigenvalue weighted by molar-refractivity contribution is 5.34. The molecule has 0 amide bonds. The second-order valence-electron chi connectivity index (χ2n) is 5.59. The molecule has 92 valence electrons. The molecule has 1 aliphatic carbocycles. The lowest BCUT2D eigenvalue weighted by molar-refractivity contribution is 0.123. The van der Waals surface area contributed by atoms with E-state index < -0.39 is 0 Å². The Hall–Kier alpha value is -1.56. The first-order chi connectivity index (χ1) is 8.79. The first-order valence-corrected chi connectivity index (χ1v) is 6.89. The topological polar surface area (TPSA) is 0 Å². The van der Waals surface area contributed by atoms with Crippen molar-refractivity contribution in [3.8, 4) is 0 Å². The van der Waals surface area contributed by atoms with E-state index in [0.29, 0.717) is 11.8 Å². The van der Waals surface area contributed by atoms with Gasteiger partial charge in [0.2, 0.25) is 0 Å². The van der Waals surface area contributed by atoms with Crippen LogP contribution in [-0.4, -0.2) is 0 Å². The summed E-state index contributed by atoms with van der Waals surface area (Å²) in [5, 5.41) is 0. The van der Waals surface area contributed by atoms with E-state index in [4.69, 9.17) is 0 Å². The van der Waals surface area contributed by atoms with Crippen molar-refractivity contribution >= 4 is 0 Å². The molecule has 18 heavy (non-hydrogen) atoms. The Bertz CT molecular complexity index is 451. The largest absolute Gasteiger partial charge is 0.0622 e. The third kappa shape index (κ3) is 1.77. The van der Waals surface area contributed by atoms with Gasteiger partial charge in [-0.2, -0.15) is 0 Å². The normalized spacial score (nSPS) is 30.8. The van der Waals surface area contributed by atoms with Crippen LogP contribution in [0.25, 0.3) is 0 Å². The Morgan fingerprint density at radius 1 is 0.556 bits per heavy atom. The van der Waals surface area contributed by atoms with Gasteiger partial charge in [0.05, 0.1) is 0 Å². The molecule has 0 spiro atoms. The molecule has 2 aromatic rings. The summed E-state index contributed by atoms with van der Waals surface area (Å²) in [6, 6.07) is 22.0. The molecule has 0 heteroatoms. The van der Waals surface area contributed by atoms with Gasteiger partial charge in [0, 0.05) is 0 Å². The van der Waals surface area contributed by atoms with Gasteiger partial charge in [-0.15, -0.1) is 0 Å². The highest BCUT2D eigenvalue weighted by Gasteiger charge is 2.46. The van der Waals surface area contributed by atoms with E-state index in [9.17, 15) is 0 Å². The summed E-state index contributed by atoms with van der Waals surface area (Å²) in [7, 11) is 0. The van der Waals surface area contributed by atoms with E-state index in [2.05, 4.69) is 74.5 Å². The number of hydrogen-bond donors (Lipinski definition) is 0. The molecule has 0 radical (unpaired) electrons. The highest BCUT2D eigenvalue weighted by atomic mass is 14.5. The fraction of sp³-hybridized carbons (Fsp3) is 0.333. The van der Waals surface area contributed by atoms with Crippen LogP contribution in [0.4, 0.5) is 0 Å². The van der Waals surface area contributed by atoms with Crippen LogP contribution in [0.15, 0.2) is 60.7 Å². The maximum Gasteiger partial charge on any atom is -0.00620 e. The van der Waals surface area contributed by atoms with Crippen molar-refractivity contribution in [2.45, 2.75) is 25.7 Å². The number of hydrogen-bond acceptors (Lipinski definition) is 0. The molecule has 0 aliphatic heterocycles. The minimum absolute atomic E-state index is 0.684. The molecular weight excluding hydrogens is 216 g/mol. The first kappa shape index (κ1) is 11.5. The molecule has 4 unspecified atom stereocenters. The monoisotopic (exact) mass is 236 g/mol. The molecule has 1 fully saturated rings. The zero-order valence-corrected chi connectivity index (χ0v) is 11.1. The lowest BCUT2D eigenvalue weighted by atomic mass is 9.54. The van der Waals surface area contributed by atoms with Crippen molar-refractivity contribution in [1.29, 1.82) is 0 Å². The second kappa shape index (κ2) is 4.61. The first-order valence-electron chi connectivity index (χ1n) is 6.89. The maximum absolute atomic E-state index is 2.39. The van der Waals surface area contributed by atoms with Gasteiger partial charge < -0.3 is 0 Å². The van der Waals surface area contributed by atoms with Crippen molar-refractivity contribution in [3.05, 3.63) is 71.8 Å². The lowest BCUT2D eigenvalue weighted by Crippen LogP contribution is -2.39. The average molecular weight is 236 g/mol. The van der Waals surface area contributed by atoms with Crippen molar-refractivity contribution in [2.24, 2.45) is 11.8 Å². The Labute approximate surface area is 110 Å². The Balaban J connectivity index is 1.94. The SMILES string of the molecule is CC1C(C)C(c2ccccc2)C1c1ccccc1. The summed E-state index contributed by atoms with van der Waals surface area (Å²) in [6.45, 7) is 4.78. The zero-order valence-electron chi connectivity index (χ0n) is 11.1. The highest BCUT2D eigenvalue weighted by Crippen LogP contribution is 2.57.